The molecule has 0 saturated carbocycles. The molecule has 1 saturated heterocycles. The summed E-state index contributed by atoms with van der Waals surface area (Å²) >= 11 is 0. The molecule has 2 amide bonds. The molecule has 0 bridgehead atoms. The summed E-state index contributed by atoms with van der Waals surface area (Å²) in [5.74, 6) is -0.629. The largest absolute Gasteiger partial charge is 0.368 e. The highest BCUT2D eigenvalue weighted by molar-refractivity contribution is 7.89. The molecule has 3 rings (SSSR count). The van der Waals surface area contributed by atoms with Crippen LogP contribution < -0.4 is 10.6 Å². The summed E-state index contributed by atoms with van der Waals surface area (Å²) in [6.07, 6.45) is 1.06. The third-order valence-electron chi connectivity index (χ3n) is 4.62. The summed E-state index contributed by atoms with van der Waals surface area (Å²) in [5, 5.41) is 5.46. The molecule has 1 aliphatic rings. The van der Waals surface area contributed by atoms with Crippen molar-refractivity contribution in [1.82, 2.24) is 4.47 Å². The molecule has 0 unspecified atom stereocenters. The Labute approximate surface area is 175 Å². The number of ether oxygens (including phenoxy) is 1. The van der Waals surface area contributed by atoms with E-state index >= 15 is 0 Å². The third-order valence-corrected chi connectivity index (χ3v) is 6.31. The van der Waals surface area contributed by atoms with E-state index in [9.17, 15) is 18.0 Å². The van der Waals surface area contributed by atoms with E-state index in [4.69, 9.17) is 9.57 Å². The average Bonchev–Trinajstić information content (AvgIpc) is 3.29. The highest BCUT2D eigenvalue weighted by Crippen LogP contribution is 2.20. The van der Waals surface area contributed by atoms with Gasteiger partial charge in [0.25, 0.3) is 21.8 Å². The van der Waals surface area contributed by atoms with Gasteiger partial charge in [-0.15, -0.1) is 0 Å². The van der Waals surface area contributed by atoms with Gasteiger partial charge in [-0.2, -0.15) is 0 Å². The Bertz CT molecular complexity index is 1020. The van der Waals surface area contributed by atoms with E-state index < -0.39 is 22.0 Å². The zero-order valence-electron chi connectivity index (χ0n) is 16.6. The SMILES string of the molecule is CON(C)S(=O)(=O)c1ccc(NC(=O)c2cccc(NC(=O)[C@@H]3CCCO3)c2)cc1. The molecule has 0 radical (unpaired) electrons. The van der Waals surface area contributed by atoms with E-state index in [0.29, 0.717) is 30.0 Å². The second kappa shape index (κ2) is 9.35. The normalized spacial score (nSPS) is 16.4. The number of anilines is 2. The minimum atomic E-state index is -3.76. The van der Waals surface area contributed by atoms with E-state index in [0.717, 1.165) is 10.9 Å². The lowest BCUT2D eigenvalue weighted by molar-refractivity contribution is -0.124. The lowest BCUT2D eigenvalue weighted by atomic mass is 10.1. The van der Waals surface area contributed by atoms with Gasteiger partial charge >= 0.3 is 0 Å². The van der Waals surface area contributed by atoms with Crippen LogP contribution in [0.5, 0.6) is 0 Å². The van der Waals surface area contributed by atoms with Crippen molar-refractivity contribution in [2.45, 2.75) is 23.8 Å². The van der Waals surface area contributed by atoms with Crippen molar-refractivity contribution in [3.8, 4) is 0 Å². The standard InChI is InChI=1S/C20H23N3O6S/c1-23(28-2)30(26,27)17-10-8-15(9-11-17)21-19(24)14-5-3-6-16(13-14)22-20(25)18-7-4-12-29-18/h3,5-6,8-11,13,18H,4,7,12H2,1-2H3,(H,21,24)(H,22,25)/t18-/m0/s1. The second-order valence-corrected chi connectivity index (χ2v) is 8.58. The summed E-state index contributed by atoms with van der Waals surface area (Å²) in [6, 6.07) is 12.2. The van der Waals surface area contributed by atoms with Crippen LogP contribution in [0.1, 0.15) is 23.2 Å². The number of rotatable bonds is 7. The van der Waals surface area contributed by atoms with E-state index in [2.05, 4.69) is 10.6 Å². The smallest absolute Gasteiger partial charge is 0.264 e. The Balaban J connectivity index is 1.66. The summed E-state index contributed by atoms with van der Waals surface area (Å²) in [5.41, 5.74) is 1.26. The van der Waals surface area contributed by atoms with Crippen LogP contribution in [0, 0.1) is 0 Å². The fourth-order valence-corrected chi connectivity index (χ4v) is 3.88. The monoisotopic (exact) mass is 433 g/mol. The van der Waals surface area contributed by atoms with Crippen molar-refractivity contribution in [1.29, 1.82) is 0 Å². The van der Waals surface area contributed by atoms with Crippen LogP contribution in [0.4, 0.5) is 11.4 Å². The number of hydrogen-bond acceptors (Lipinski definition) is 6. The summed E-state index contributed by atoms with van der Waals surface area (Å²) < 4.78 is 30.5. The number of benzene rings is 2. The molecule has 1 aliphatic heterocycles. The van der Waals surface area contributed by atoms with Gasteiger partial charge in [0.15, 0.2) is 0 Å². The van der Waals surface area contributed by atoms with Gasteiger partial charge in [-0.3, -0.25) is 14.4 Å². The van der Waals surface area contributed by atoms with Gasteiger partial charge in [0.1, 0.15) is 6.10 Å². The Hall–Kier alpha value is -2.79. The van der Waals surface area contributed by atoms with Crippen LogP contribution in [0.2, 0.25) is 0 Å². The molecule has 2 aromatic carbocycles. The molecule has 1 fully saturated rings. The van der Waals surface area contributed by atoms with Crippen molar-refractivity contribution >= 4 is 33.2 Å². The van der Waals surface area contributed by atoms with Gasteiger partial charge in [0, 0.05) is 30.6 Å². The van der Waals surface area contributed by atoms with Gasteiger partial charge in [-0.25, -0.2) is 8.42 Å². The third kappa shape index (κ3) is 5.03. The van der Waals surface area contributed by atoms with Crippen LogP contribution in [0.25, 0.3) is 0 Å². The molecule has 9 nitrogen and oxygen atoms in total. The van der Waals surface area contributed by atoms with Crippen molar-refractivity contribution in [2.24, 2.45) is 0 Å². The minimum absolute atomic E-state index is 0.0312. The predicted molar refractivity (Wildman–Crippen MR) is 110 cm³/mol. The number of sulfonamides is 1. The second-order valence-electron chi connectivity index (χ2n) is 6.65. The number of nitrogens with zero attached hydrogens (tertiary/aromatic N) is 1. The summed E-state index contributed by atoms with van der Waals surface area (Å²) in [7, 11) is -1.22. The maximum absolute atomic E-state index is 12.5. The number of carbonyl (C=O) groups excluding carboxylic acids is 2. The van der Waals surface area contributed by atoms with E-state index in [1.54, 1.807) is 24.3 Å². The topological polar surface area (TPSA) is 114 Å². The van der Waals surface area contributed by atoms with Crippen molar-refractivity contribution in [3.63, 3.8) is 0 Å². The molecular weight excluding hydrogens is 410 g/mol. The fraction of sp³-hybridized carbons (Fsp3) is 0.300. The lowest BCUT2D eigenvalue weighted by Crippen LogP contribution is -2.27. The van der Waals surface area contributed by atoms with Gasteiger partial charge in [-0.05, 0) is 55.3 Å². The molecule has 0 spiro atoms. The van der Waals surface area contributed by atoms with Crippen LogP contribution in [-0.4, -0.2) is 51.6 Å². The maximum Gasteiger partial charge on any atom is 0.264 e. The quantitative estimate of drug-likeness (QED) is 0.648. The van der Waals surface area contributed by atoms with Crippen molar-refractivity contribution in [3.05, 3.63) is 54.1 Å². The Morgan fingerprint density at radius 3 is 2.47 bits per heavy atom. The Morgan fingerprint density at radius 1 is 1.10 bits per heavy atom. The molecule has 160 valence electrons. The fourth-order valence-electron chi connectivity index (χ4n) is 2.91. The van der Waals surface area contributed by atoms with E-state index in [1.807, 2.05) is 0 Å². The number of hydrogen-bond donors (Lipinski definition) is 2. The van der Waals surface area contributed by atoms with Crippen molar-refractivity contribution in [2.75, 3.05) is 31.4 Å². The van der Waals surface area contributed by atoms with Gasteiger partial charge < -0.3 is 15.4 Å². The van der Waals surface area contributed by atoms with Crippen LogP contribution in [0.15, 0.2) is 53.4 Å². The maximum atomic E-state index is 12.5. The van der Waals surface area contributed by atoms with Crippen molar-refractivity contribution < 1.29 is 27.6 Å². The lowest BCUT2D eigenvalue weighted by Gasteiger charge is -2.14. The first-order valence-electron chi connectivity index (χ1n) is 9.28. The summed E-state index contributed by atoms with van der Waals surface area (Å²) in [6.45, 7) is 0.572. The predicted octanol–water partition coefficient (Wildman–Crippen LogP) is 2.24. The van der Waals surface area contributed by atoms with Gasteiger partial charge in [-0.1, -0.05) is 10.5 Å². The Morgan fingerprint density at radius 2 is 1.83 bits per heavy atom. The first-order chi connectivity index (χ1) is 14.3. The number of hydroxylamine groups is 1. The molecule has 0 aliphatic carbocycles. The van der Waals surface area contributed by atoms with Crippen LogP contribution >= 0.6 is 0 Å². The van der Waals surface area contributed by atoms with Gasteiger partial charge in [0.2, 0.25) is 0 Å². The average molecular weight is 433 g/mol. The summed E-state index contributed by atoms with van der Waals surface area (Å²) in [4.78, 5) is 29.5. The Kier molecular flexibility index (Phi) is 6.83. The first kappa shape index (κ1) is 21.9. The number of nitrogens with one attached hydrogen (secondary N) is 2. The molecule has 2 aromatic rings. The number of amides is 2. The van der Waals surface area contributed by atoms with Crippen LogP contribution in [0.3, 0.4) is 0 Å². The molecule has 10 heteroatoms. The van der Waals surface area contributed by atoms with Crippen LogP contribution in [-0.2, 0) is 24.4 Å². The number of carbonyl (C=O) groups is 2. The molecule has 1 atom stereocenters. The highest BCUT2D eigenvalue weighted by atomic mass is 32.2. The highest BCUT2D eigenvalue weighted by Gasteiger charge is 2.24. The molecule has 2 N–H and O–H groups in total. The first-order valence-corrected chi connectivity index (χ1v) is 10.7. The molecule has 30 heavy (non-hydrogen) atoms. The van der Waals surface area contributed by atoms with E-state index in [1.165, 1.54) is 38.4 Å². The molecule has 0 aromatic heterocycles. The molecule has 1 heterocycles. The minimum Gasteiger partial charge on any atom is -0.368 e. The zero-order valence-corrected chi connectivity index (χ0v) is 17.4. The van der Waals surface area contributed by atoms with E-state index in [-0.39, 0.29) is 10.8 Å². The van der Waals surface area contributed by atoms with Gasteiger partial charge in [0.05, 0.1) is 12.0 Å². The zero-order chi connectivity index (χ0) is 21.7. The molecular formula is C20H23N3O6S.